The van der Waals surface area contributed by atoms with Gasteiger partial charge in [-0.25, -0.2) is 0 Å². The van der Waals surface area contributed by atoms with E-state index in [1.165, 1.54) is 11.8 Å². The van der Waals surface area contributed by atoms with Gasteiger partial charge in [-0.3, -0.25) is 4.79 Å². The van der Waals surface area contributed by atoms with Crippen molar-refractivity contribution in [1.29, 1.82) is 0 Å². The molecule has 1 nitrogen and oxygen atoms in total. The van der Waals surface area contributed by atoms with Crippen LogP contribution in [-0.2, 0) is 0 Å². The Morgan fingerprint density at radius 1 is 1.80 bits per heavy atom. The molecule has 0 spiro atoms. The first-order valence-electron chi connectivity index (χ1n) is 3.04. The lowest BCUT2D eigenvalue weighted by Crippen LogP contribution is -1.89. The molecule has 3 heteroatoms. The predicted molar refractivity (Wildman–Crippen MR) is 46.8 cm³/mol. The molecule has 0 aliphatic heterocycles. The van der Waals surface area contributed by atoms with Gasteiger partial charge in [-0.1, -0.05) is 18.7 Å². The molecule has 0 saturated heterocycles. The van der Waals surface area contributed by atoms with Crippen LogP contribution in [0.2, 0.25) is 0 Å². The summed E-state index contributed by atoms with van der Waals surface area (Å²) in [6.07, 6.45) is 0. The van der Waals surface area contributed by atoms with Crippen molar-refractivity contribution < 1.29 is 4.79 Å². The Bertz CT molecular complexity index is 203. The Hall–Kier alpha value is -0.280. The second-order valence-corrected chi connectivity index (χ2v) is 3.75. The third-order valence-electron chi connectivity index (χ3n) is 1.03. The fraction of sp³-hybridized carbons (Fsp3) is 0.286. The van der Waals surface area contributed by atoms with E-state index in [2.05, 4.69) is 0 Å². The van der Waals surface area contributed by atoms with Crippen LogP contribution in [-0.4, -0.2) is 10.9 Å². The molecule has 0 bridgehead atoms. The number of carbonyl (C=O) groups is 1. The summed E-state index contributed by atoms with van der Waals surface area (Å²) in [5.41, 5.74) is 0.830. The highest BCUT2D eigenvalue weighted by molar-refractivity contribution is 8.14. The summed E-state index contributed by atoms with van der Waals surface area (Å²) in [6.45, 7) is 1.98. The van der Waals surface area contributed by atoms with Crippen molar-refractivity contribution in [1.82, 2.24) is 0 Å². The van der Waals surface area contributed by atoms with Gasteiger partial charge in [-0.2, -0.15) is 11.3 Å². The van der Waals surface area contributed by atoms with Gasteiger partial charge in [-0.05, 0) is 17.2 Å². The topological polar surface area (TPSA) is 17.1 Å². The van der Waals surface area contributed by atoms with Gasteiger partial charge in [0.05, 0.1) is 0 Å². The Labute approximate surface area is 68.5 Å². The van der Waals surface area contributed by atoms with E-state index in [4.69, 9.17) is 0 Å². The quantitative estimate of drug-likeness (QED) is 0.682. The van der Waals surface area contributed by atoms with E-state index in [-0.39, 0.29) is 5.12 Å². The van der Waals surface area contributed by atoms with Crippen LogP contribution < -0.4 is 0 Å². The van der Waals surface area contributed by atoms with Crippen LogP contribution in [0.5, 0.6) is 0 Å². The Kier molecular flexibility index (Phi) is 2.96. The smallest absolute Gasteiger partial charge is 0.220 e. The second kappa shape index (κ2) is 3.78. The van der Waals surface area contributed by atoms with E-state index in [0.29, 0.717) is 0 Å². The van der Waals surface area contributed by atoms with Crippen molar-refractivity contribution in [3.63, 3.8) is 0 Å². The molecule has 54 valence electrons. The number of carbonyl (C=O) groups excluding carboxylic acids is 1. The fourth-order valence-electron chi connectivity index (χ4n) is 0.595. The molecule has 0 aliphatic carbocycles. The number of thioether (sulfide) groups is 1. The zero-order chi connectivity index (χ0) is 7.40. The highest BCUT2D eigenvalue weighted by Crippen LogP contribution is 2.14. The van der Waals surface area contributed by atoms with Gasteiger partial charge in [0.25, 0.3) is 0 Å². The zero-order valence-corrected chi connectivity index (χ0v) is 7.30. The van der Waals surface area contributed by atoms with Crippen LogP contribution in [0.15, 0.2) is 16.8 Å². The third-order valence-corrected chi connectivity index (χ3v) is 2.50. The molecule has 0 amide bonds. The molecule has 0 radical (unpaired) electrons. The molecular weight excluding hydrogens is 164 g/mol. The Morgan fingerprint density at radius 2 is 2.60 bits per heavy atom. The van der Waals surface area contributed by atoms with E-state index in [9.17, 15) is 4.79 Å². The summed E-state index contributed by atoms with van der Waals surface area (Å²) in [5, 5.41) is 3.98. The molecule has 10 heavy (non-hydrogen) atoms. The number of thiophene rings is 1. The lowest BCUT2D eigenvalue weighted by Gasteiger charge is -1.90. The molecule has 0 N–H and O–H groups in total. The average Bonchev–Trinajstić information content (AvgIpc) is 2.38. The highest BCUT2D eigenvalue weighted by Gasteiger charge is 2.03. The number of hydrogen-bond donors (Lipinski definition) is 0. The monoisotopic (exact) mass is 172 g/mol. The average molecular weight is 172 g/mol. The molecule has 0 fully saturated rings. The predicted octanol–water partition coefficient (Wildman–Crippen LogP) is 2.64. The summed E-state index contributed by atoms with van der Waals surface area (Å²) in [7, 11) is 0. The van der Waals surface area contributed by atoms with Gasteiger partial charge >= 0.3 is 0 Å². The van der Waals surface area contributed by atoms with Crippen LogP contribution in [0, 0.1) is 0 Å². The lowest BCUT2D eigenvalue weighted by atomic mass is 10.4. The molecule has 0 aromatic carbocycles. The summed E-state index contributed by atoms with van der Waals surface area (Å²) < 4.78 is 0. The maximum Gasteiger partial charge on any atom is 0.220 e. The van der Waals surface area contributed by atoms with Crippen LogP contribution in [0.25, 0.3) is 0 Å². The van der Waals surface area contributed by atoms with E-state index >= 15 is 0 Å². The minimum Gasteiger partial charge on any atom is -0.282 e. The molecule has 0 aliphatic rings. The van der Waals surface area contributed by atoms with Gasteiger partial charge in [0.1, 0.15) is 0 Å². The maximum absolute atomic E-state index is 11.1. The van der Waals surface area contributed by atoms with Crippen molar-refractivity contribution in [3.8, 4) is 0 Å². The van der Waals surface area contributed by atoms with Gasteiger partial charge in [0.2, 0.25) is 5.12 Å². The molecule has 1 rings (SSSR count). The fourth-order valence-corrected chi connectivity index (χ4v) is 1.86. The summed E-state index contributed by atoms with van der Waals surface area (Å²) >= 11 is 2.92. The first-order valence-corrected chi connectivity index (χ1v) is 4.96. The molecular formula is C7H8OS2. The molecule has 0 atom stereocenters. The largest absolute Gasteiger partial charge is 0.282 e. The molecule has 0 saturated carbocycles. The van der Waals surface area contributed by atoms with Crippen LogP contribution in [0.1, 0.15) is 17.3 Å². The van der Waals surface area contributed by atoms with E-state index in [1.54, 1.807) is 11.3 Å². The maximum atomic E-state index is 11.1. The first kappa shape index (κ1) is 7.82. The number of rotatable bonds is 2. The minimum absolute atomic E-state index is 0.184. The Balaban J connectivity index is 2.59. The van der Waals surface area contributed by atoms with Gasteiger partial charge in [0, 0.05) is 10.9 Å². The lowest BCUT2D eigenvalue weighted by molar-refractivity contribution is 0.108. The van der Waals surface area contributed by atoms with E-state index < -0.39 is 0 Å². The minimum atomic E-state index is 0.184. The SMILES string of the molecule is CCSC(=O)c1ccsc1. The highest BCUT2D eigenvalue weighted by atomic mass is 32.2. The summed E-state index contributed by atoms with van der Waals surface area (Å²) in [5.74, 6) is 0.856. The standard InChI is InChI=1S/C7H8OS2/c1-2-10-7(8)6-3-4-9-5-6/h3-5H,2H2,1H3. The third kappa shape index (κ3) is 1.85. The van der Waals surface area contributed by atoms with Crippen molar-refractivity contribution in [2.75, 3.05) is 5.75 Å². The van der Waals surface area contributed by atoms with Crippen molar-refractivity contribution in [2.45, 2.75) is 6.92 Å². The molecule has 1 aromatic heterocycles. The van der Waals surface area contributed by atoms with Gasteiger partial charge in [-0.15, -0.1) is 0 Å². The van der Waals surface area contributed by atoms with Crippen molar-refractivity contribution in [3.05, 3.63) is 22.4 Å². The van der Waals surface area contributed by atoms with Crippen molar-refractivity contribution >= 4 is 28.2 Å². The summed E-state index contributed by atoms with van der Waals surface area (Å²) in [6, 6.07) is 1.86. The van der Waals surface area contributed by atoms with E-state index in [0.717, 1.165) is 11.3 Å². The molecule has 1 heterocycles. The van der Waals surface area contributed by atoms with Crippen LogP contribution >= 0.6 is 23.1 Å². The van der Waals surface area contributed by atoms with Crippen LogP contribution in [0.3, 0.4) is 0 Å². The summed E-state index contributed by atoms with van der Waals surface area (Å²) in [4.78, 5) is 11.1. The van der Waals surface area contributed by atoms with Gasteiger partial charge < -0.3 is 0 Å². The van der Waals surface area contributed by atoms with Gasteiger partial charge in [0.15, 0.2) is 0 Å². The van der Waals surface area contributed by atoms with E-state index in [1.807, 2.05) is 23.8 Å². The normalized spacial score (nSPS) is 9.70. The number of hydrogen-bond acceptors (Lipinski definition) is 3. The first-order chi connectivity index (χ1) is 4.84. The van der Waals surface area contributed by atoms with Crippen molar-refractivity contribution in [2.24, 2.45) is 0 Å². The molecule has 0 unspecified atom stereocenters. The second-order valence-electron chi connectivity index (χ2n) is 1.73. The van der Waals surface area contributed by atoms with Crippen LogP contribution in [0.4, 0.5) is 0 Å². The molecule has 1 aromatic rings. The zero-order valence-electron chi connectivity index (χ0n) is 5.66. The Morgan fingerprint density at radius 3 is 3.10 bits per heavy atom.